The Morgan fingerprint density at radius 2 is 1.75 bits per heavy atom. The molecule has 0 bridgehead atoms. The predicted octanol–water partition coefficient (Wildman–Crippen LogP) is 3.95. The molecule has 0 amide bonds. The number of benzene rings is 1. The van der Waals surface area contributed by atoms with Crippen LogP contribution in [0, 0.1) is 13.8 Å². The molecule has 0 spiro atoms. The lowest BCUT2D eigenvalue weighted by atomic mass is 9.87. The van der Waals surface area contributed by atoms with E-state index in [9.17, 15) is 9.90 Å². The van der Waals surface area contributed by atoms with Crippen LogP contribution < -0.4 is 0 Å². The zero-order chi connectivity index (χ0) is 15.1. The van der Waals surface area contributed by atoms with Crippen molar-refractivity contribution < 1.29 is 14.4 Å². The SMILES string of the molecule is Cc1cccc(C)c1-c1noc(C(C)(C)C)c1C(=O)O. The molecule has 106 valence electrons. The molecule has 1 N–H and O–H groups in total. The Morgan fingerprint density at radius 1 is 1.20 bits per heavy atom. The minimum atomic E-state index is -1.01. The number of carboxylic acid groups (broad SMARTS) is 1. The van der Waals surface area contributed by atoms with Crippen molar-refractivity contribution in [3.8, 4) is 11.3 Å². The van der Waals surface area contributed by atoms with Crippen molar-refractivity contribution in [2.24, 2.45) is 0 Å². The van der Waals surface area contributed by atoms with Crippen LogP contribution in [0.4, 0.5) is 0 Å². The highest BCUT2D eigenvalue weighted by atomic mass is 16.5. The molecule has 0 aliphatic carbocycles. The van der Waals surface area contributed by atoms with Crippen LogP contribution in [0.25, 0.3) is 11.3 Å². The van der Waals surface area contributed by atoms with E-state index in [1.54, 1.807) is 0 Å². The molecule has 0 aliphatic heterocycles. The van der Waals surface area contributed by atoms with Gasteiger partial charge in [-0.2, -0.15) is 0 Å². The van der Waals surface area contributed by atoms with Crippen molar-refractivity contribution in [3.63, 3.8) is 0 Å². The fourth-order valence-corrected chi connectivity index (χ4v) is 2.36. The van der Waals surface area contributed by atoms with Crippen molar-refractivity contribution in [1.82, 2.24) is 5.16 Å². The number of hydrogen-bond acceptors (Lipinski definition) is 3. The van der Waals surface area contributed by atoms with Gasteiger partial charge < -0.3 is 9.63 Å². The zero-order valence-electron chi connectivity index (χ0n) is 12.4. The van der Waals surface area contributed by atoms with Crippen LogP contribution in [-0.4, -0.2) is 16.2 Å². The third kappa shape index (κ3) is 2.33. The van der Waals surface area contributed by atoms with Gasteiger partial charge in [-0.1, -0.05) is 44.1 Å². The number of hydrogen-bond donors (Lipinski definition) is 1. The summed E-state index contributed by atoms with van der Waals surface area (Å²) in [5.74, 6) is -0.600. The molecule has 0 radical (unpaired) electrons. The lowest BCUT2D eigenvalue weighted by Crippen LogP contribution is -2.15. The lowest BCUT2D eigenvalue weighted by molar-refractivity contribution is 0.0693. The van der Waals surface area contributed by atoms with Crippen LogP contribution in [-0.2, 0) is 5.41 Å². The summed E-state index contributed by atoms with van der Waals surface area (Å²) >= 11 is 0. The molecular weight excluding hydrogens is 254 g/mol. The third-order valence-corrected chi connectivity index (χ3v) is 3.31. The van der Waals surface area contributed by atoms with Crippen molar-refractivity contribution >= 4 is 5.97 Å². The highest BCUT2D eigenvalue weighted by Crippen LogP contribution is 2.35. The first-order chi connectivity index (χ1) is 9.23. The number of aromatic carboxylic acids is 1. The van der Waals surface area contributed by atoms with Gasteiger partial charge in [-0.25, -0.2) is 4.79 Å². The smallest absolute Gasteiger partial charge is 0.341 e. The van der Waals surface area contributed by atoms with Crippen LogP contribution in [0.5, 0.6) is 0 Å². The normalized spacial score (nSPS) is 11.7. The van der Waals surface area contributed by atoms with E-state index in [4.69, 9.17) is 4.52 Å². The summed E-state index contributed by atoms with van der Waals surface area (Å²) in [5, 5.41) is 13.6. The van der Waals surface area contributed by atoms with E-state index in [1.807, 2.05) is 52.8 Å². The van der Waals surface area contributed by atoms with E-state index in [1.165, 1.54) is 0 Å². The maximum Gasteiger partial charge on any atom is 0.341 e. The Morgan fingerprint density at radius 3 is 2.20 bits per heavy atom. The average Bonchev–Trinajstić information content (AvgIpc) is 2.73. The van der Waals surface area contributed by atoms with Crippen LogP contribution >= 0.6 is 0 Å². The van der Waals surface area contributed by atoms with Gasteiger partial charge in [-0.3, -0.25) is 0 Å². The number of nitrogens with zero attached hydrogens (tertiary/aromatic N) is 1. The van der Waals surface area contributed by atoms with Gasteiger partial charge in [0.05, 0.1) is 0 Å². The van der Waals surface area contributed by atoms with E-state index < -0.39 is 11.4 Å². The second-order valence-corrected chi connectivity index (χ2v) is 6.06. The molecule has 0 fully saturated rings. The topological polar surface area (TPSA) is 63.3 Å². The fraction of sp³-hybridized carbons (Fsp3) is 0.375. The minimum Gasteiger partial charge on any atom is -0.477 e. The Bertz CT molecular complexity index is 643. The number of rotatable bonds is 2. The number of carbonyl (C=O) groups is 1. The van der Waals surface area contributed by atoms with Gasteiger partial charge in [-0.05, 0) is 25.0 Å². The summed E-state index contributed by atoms with van der Waals surface area (Å²) in [6.45, 7) is 9.62. The fourth-order valence-electron chi connectivity index (χ4n) is 2.36. The molecular formula is C16H19NO3. The summed E-state index contributed by atoms with van der Waals surface area (Å²) in [6.07, 6.45) is 0. The minimum absolute atomic E-state index is 0.162. The molecule has 4 nitrogen and oxygen atoms in total. The molecule has 4 heteroatoms. The van der Waals surface area contributed by atoms with Crippen LogP contribution in [0.1, 0.15) is 48.0 Å². The zero-order valence-corrected chi connectivity index (χ0v) is 12.4. The van der Waals surface area contributed by atoms with Crippen LogP contribution in [0.15, 0.2) is 22.7 Å². The summed E-state index contributed by atoms with van der Waals surface area (Å²) in [7, 11) is 0. The third-order valence-electron chi connectivity index (χ3n) is 3.31. The Hall–Kier alpha value is -2.10. The summed E-state index contributed by atoms with van der Waals surface area (Å²) in [5.41, 5.74) is 2.98. The molecule has 0 atom stereocenters. The van der Waals surface area contributed by atoms with Gasteiger partial charge >= 0.3 is 5.97 Å². The number of carboxylic acids is 1. The monoisotopic (exact) mass is 273 g/mol. The molecule has 20 heavy (non-hydrogen) atoms. The first-order valence-corrected chi connectivity index (χ1v) is 6.53. The van der Waals surface area contributed by atoms with E-state index in [-0.39, 0.29) is 5.56 Å². The summed E-state index contributed by atoms with van der Waals surface area (Å²) in [4.78, 5) is 11.6. The van der Waals surface area contributed by atoms with E-state index in [2.05, 4.69) is 5.16 Å². The Balaban J connectivity index is 2.77. The molecule has 0 unspecified atom stereocenters. The molecule has 0 saturated heterocycles. The maximum absolute atomic E-state index is 11.6. The van der Waals surface area contributed by atoms with Gasteiger partial charge in [-0.15, -0.1) is 0 Å². The standard InChI is InChI=1S/C16H19NO3/c1-9-7-6-8-10(2)11(9)13-12(15(18)19)14(20-17-13)16(3,4)5/h6-8H,1-5H3,(H,18,19). The predicted molar refractivity (Wildman–Crippen MR) is 77.1 cm³/mol. The quantitative estimate of drug-likeness (QED) is 0.899. The molecule has 1 heterocycles. The van der Waals surface area contributed by atoms with Crippen molar-refractivity contribution in [1.29, 1.82) is 0 Å². The second kappa shape index (κ2) is 4.78. The van der Waals surface area contributed by atoms with Gasteiger partial charge in [0.15, 0.2) is 5.76 Å². The highest BCUT2D eigenvalue weighted by molar-refractivity contribution is 5.97. The van der Waals surface area contributed by atoms with Gasteiger partial charge in [0.2, 0.25) is 0 Å². The summed E-state index contributed by atoms with van der Waals surface area (Å²) in [6, 6.07) is 5.83. The van der Waals surface area contributed by atoms with Gasteiger partial charge in [0.25, 0.3) is 0 Å². The molecule has 2 rings (SSSR count). The van der Waals surface area contributed by atoms with Gasteiger partial charge in [0, 0.05) is 11.0 Å². The summed E-state index contributed by atoms with van der Waals surface area (Å²) < 4.78 is 5.36. The van der Waals surface area contributed by atoms with E-state index >= 15 is 0 Å². The maximum atomic E-state index is 11.6. The van der Waals surface area contributed by atoms with Crippen molar-refractivity contribution in [2.75, 3.05) is 0 Å². The van der Waals surface area contributed by atoms with Crippen molar-refractivity contribution in [3.05, 3.63) is 40.6 Å². The van der Waals surface area contributed by atoms with Crippen LogP contribution in [0.2, 0.25) is 0 Å². The first-order valence-electron chi connectivity index (χ1n) is 6.53. The molecule has 0 aliphatic rings. The Kier molecular flexibility index (Phi) is 3.42. The highest BCUT2D eigenvalue weighted by Gasteiger charge is 2.32. The van der Waals surface area contributed by atoms with E-state index in [0.717, 1.165) is 16.7 Å². The van der Waals surface area contributed by atoms with Crippen LogP contribution in [0.3, 0.4) is 0 Å². The lowest BCUT2D eigenvalue weighted by Gasteiger charge is -2.15. The van der Waals surface area contributed by atoms with E-state index in [0.29, 0.717) is 11.5 Å². The average molecular weight is 273 g/mol. The first kappa shape index (κ1) is 14.3. The number of aryl methyl sites for hydroxylation is 2. The molecule has 1 aromatic heterocycles. The number of aromatic nitrogens is 1. The molecule has 1 aromatic carbocycles. The largest absolute Gasteiger partial charge is 0.477 e. The molecule has 2 aromatic rings. The second-order valence-electron chi connectivity index (χ2n) is 6.06. The molecule has 0 saturated carbocycles. The Labute approximate surface area is 118 Å². The van der Waals surface area contributed by atoms with Gasteiger partial charge in [0.1, 0.15) is 11.3 Å². The van der Waals surface area contributed by atoms with Crippen molar-refractivity contribution in [2.45, 2.75) is 40.0 Å².